The van der Waals surface area contributed by atoms with Crippen molar-refractivity contribution < 1.29 is 19.1 Å². The molecule has 3 rings (SSSR count). The van der Waals surface area contributed by atoms with Crippen molar-refractivity contribution >= 4 is 17.3 Å². The summed E-state index contributed by atoms with van der Waals surface area (Å²) >= 11 is 0. The molecule has 2 aromatic carbocycles. The monoisotopic (exact) mass is 326 g/mol. The molecule has 124 valence electrons. The Morgan fingerprint density at radius 3 is 2.58 bits per heavy atom. The minimum atomic E-state index is -0.660. The van der Waals surface area contributed by atoms with E-state index >= 15 is 0 Å². The topological polar surface area (TPSA) is 69.2 Å². The largest absolute Gasteiger partial charge is 0.497 e. The SMILES string of the molecule is COc1ccc(NC(=O)[C@H]2CC(c3ccccc3OC)=NO2)cc1. The van der Waals surface area contributed by atoms with Crippen molar-refractivity contribution in [2.45, 2.75) is 12.5 Å². The summed E-state index contributed by atoms with van der Waals surface area (Å²) in [6.07, 6.45) is -0.269. The molecule has 6 nitrogen and oxygen atoms in total. The number of benzene rings is 2. The molecule has 0 saturated heterocycles. The van der Waals surface area contributed by atoms with Gasteiger partial charge in [-0.25, -0.2) is 0 Å². The highest BCUT2D eigenvalue weighted by Crippen LogP contribution is 2.25. The Kier molecular flexibility index (Phi) is 4.65. The average molecular weight is 326 g/mol. The minimum Gasteiger partial charge on any atom is -0.497 e. The van der Waals surface area contributed by atoms with Gasteiger partial charge in [0.05, 0.1) is 19.9 Å². The maximum atomic E-state index is 12.3. The number of carbonyl (C=O) groups excluding carboxylic acids is 1. The molecule has 24 heavy (non-hydrogen) atoms. The second kappa shape index (κ2) is 7.04. The van der Waals surface area contributed by atoms with E-state index in [1.54, 1.807) is 38.5 Å². The van der Waals surface area contributed by atoms with Gasteiger partial charge in [0.2, 0.25) is 6.10 Å². The summed E-state index contributed by atoms with van der Waals surface area (Å²) in [5.74, 6) is 1.19. The predicted octanol–water partition coefficient (Wildman–Crippen LogP) is 2.84. The fourth-order valence-electron chi connectivity index (χ4n) is 2.46. The molecule has 0 fully saturated rings. The normalized spacial score (nSPS) is 16.1. The van der Waals surface area contributed by atoms with Crippen LogP contribution in [0.1, 0.15) is 12.0 Å². The maximum absolute atomic E-state index is 12.3. The van der Waals surface area contributed by atoms with Crippen molar-refractivity contribution in [1.29, 1.82) is 0 Å². The average Bonchev–Trinajstić information content (AvgIpc) is 3.12. The summed E-state index contributed by atoms with van der Waals surface area (Å²) in [5, 5.41) is 6.85. The molecule has 0 saturated carbocycles. The lowest BCUT2D eigenvalue weighted by Gasteiger charge is -2.10. The van der Waals surface area contributed by atoms with Crippen LogP contribution in [0.5, 0.6) is 11.5 Å². The molecule has 1 heterocycles. The summed E-state index contributed by atoms with van der Waals surface area (Å²) in [5.41, 5.74) is 2.21. The van der Waals surface area contributed by atoms with Gasteiger partial charge in [0.15, 0.2) is 0 Å². The Balaban J connectivity index is 1.64. The molecular formula is C18H18N2O4. The van der Waals surface area contributed by atoms with Crippen LogP contribution in [-0.2, 0) is 9.63 Å². The number of anilines is 1. The number of para-hydroxylation sites is 1. The Bertz CT molecular complexity index is 756. The van der Waals surface area contributed by atoms with Crippen molar-refractivity contribution in [2.24, 2.45) is 5.16 Å². The van der Waals surface area contributed by atoms with Gasteiger partial charge in [0.1, 0.15) is 11.5 Å². The zero-order valence-corrected chi connectivity index (χ0v) is 13.5. The first-order valence-corrected chi connectivity index (χ1v) is 7.52. The number of amides is 1. The second-order valence-electron chi connectivity index (χ2n) is 5.25. The third-order valence-corrected chi connectivity index (χ3v) is 3.74. The molecule has 6 heteroatoms. The zero-order valence-electron chi connectivity index (χ0n) is 13.5. The summed E-state index contributed by atoms with van der Waals surface area (Å²) in [4.78, 5) is 17.6. The lowest BCUT2D eigenvalue weighted by molar-refractivity contribution is -0.125. The van der Waals surface area contributed by atoms with Gasteiger partial charge in [0, 0.05) is 17.7 Å². The molecule has 0 bridgehead atoms. The lowest BCUT2D eigenvalue weighted by atomic mass is 10.0. The van der Waals surface area contributed by atoms with Crippen molar-refractivity contribution in [3.8, 4) is 11.5 Å². The van der Waals surface area contributed by atoms with Gasteiger partial charge in [-0.3, -0.25) is 4.79 Å². The van der Waals surface area contributed by atoms with E-state index in [9.17, 15) is 4.79 Å². The molecule has 1 amide bonds. The van der Waals surface area contributed by atoms with Gasteiger partial charge in [-0.05, 0) is 36.4 Å². The number of hydrogen-bond acceptors (Lipinski definition) is 5. The third-order valence-electron chi connectivity index (χ3n) is 3.74. The number of oxime groups is 1. The Labute approximate surface area is 140 Å². The van der Waals surface area contributed by atoms with Crippen molar-refractivity contribution in [3.05, 3.63) is 54.1 Å². The third kappa shape index (κ3) is 3.32. The van der Waals surface area contributed by atoms with Crippen molar-refractivity contribution in [3.63, 3.8) is 0 Å². The second-order valence-corrected chi connectivity index (χ2v) is 5.25. The fraction of sp³-hybridized carbons (Fsp3) is 0.222. The standard InChI is InChI=1S/C18H18N2O4/c1-22-13-9-7-12(8-10-13)19-18(21)17-11-15(20-24-17)14-5-3-4-6-16(14)23-2/h3-10,17H,11H2,1-2H3,(H,19,21)/t17-/m1/s1. The Hall–Kier alpha value is -3.02. The first-order chi connectivity index (χ1) is 11.7. The highest BCUT2D eigenvalue weighted by Gasteiger charge is 2.30. The minimum absolute atomic E-state index is 0.242. The van der Waals surface area contributed by atoms with Crippen LogP contribution in [-0.4, -0.2) is 31.9 Å². The number of methoxy groups -OCH3 is 2. The van der Waals surface area contributed by atoms with E-state index in [1.807, 2.05) is 24.3 Å². The van der Waals surface area contributed by atoms with E-state index in [2.05, 4.69) is 10.5 Å². The molecular weight excluding hydrogens is 308 g/mol. The number of hydrogen-bond donors (Lipinski definition) is 1. The van der Waals surface area contributed by atoms with Gasteiger partial charge >= 0.3 is 0 Å². The summed E-state index contributed by atoms with van der Waals surface area (Å²) in [7, 11) is 3.19. The van der Waals surface area contributed by atoms with Gasteiger partial charge in [-0.2, -0.15) is 0 Å². The van der Waals surface area contributed by atoms with Crippen LogP contribution in [0.3, 0.4) is 0 Å². The number of rotatable bonds is 5. The van der Waals surface area contributed by atoms with Crippen molar-refractivity contribution in [2.75, 3.05) is 19.5 Å². The summed E-state index contributed by atoms with van der Waals surface area (Å²) in [6, 6.07) is 14.6. The zero-order chi connectivity index (χ0) is 16.9. The van der Waals surface area contributed by atoms with E-state index in [0.717, 1.165) is 11.3 Å². The highest BCUT2D eigenvalue weighted by molar-refractivity contribution is 6.07. The molecule has 2 aromatic rings. The van der Waals surface area contributed by atoms with Crippen LogP contribution in [0.25, 0.3) is 0 Å². The van der Waals surface area contributed by atoms with E-state index < -0.39 is 6.10 Å². The van der Waals surface area contributed by atoms with Gasteiger partial charge < -0.3 is 19.6 Å². The molecule has 1 N–H and O–H groups in total. The molecule has 0 spiro atoms. The number of nitrogens with zero attached hydrogens (tertiary/aromatic N) is 1. The van der Waals surface area contributed by atoms with Gasteiger partial charge in [-0.1, -0.05) is 17.3 Å². The number of carbonyl (C=O) groups is 1. The smallest absolute Gasteiger partial charge is 0.268 e. The van der Waals surface area contributed by atoms with Crippen LogP contribution in [0.4, 0.5) is 5.69 Å². The van der Waals surface area contributed by atoms with Crippen molar-refractivity contribution in [1.82, 2.24) is 0 Å². The van der Waals surface area contributed by atoms with Crippen LogP contribution >= 0.6 is 0 Å². The maximum Gasteiger partial charge on any atom is 0.268 e. The molecule has 0 aromatic heterocycles. The molecule has 1 aliphatic rings. The van der Waals surface area contributed by atoms with Crippen LogP contribution in [0.2, 0.25) is 0 Å². The van der Waals surface area contributed by atoms with E-state index in [1.165, 1.54) is 0 Å². The molecule has 1 aliphatic heterocycles. The molecule has 0 unspecified atom stereocenters. The molecule has 0 aliphatic carbocycles. The Morgan fingerprint density at radius 2 is 1.88 bits per heavy atom. The highest BCUT2D eigenvalue weighted by atomic mass is 16.6. The van der Waals surface area contributed by atoms with Crippen LogP contribution < -0.4 is 14.8 Å². The van der Waals surface area contributed by atoms with Crippen LogP contribution in [0, 0.1) is 0 Å². The van der Waals surface area contributed by atoms with E-state index in [4.69, 9.17) is 14.3 Å². The summed E-state index contributed by atoms with van der Waals surface area (Å²) in [6.45, 7) is 0. The van der Waals surface area contributed by atoms with E-state index in [-0.39, 0.29) is 5.91 Å². The van der Waals surface area contributed by atoms with E-state index in [0.29, 0.717) is 23.6 Å². The lowest BCUT2D eigenvalue weighted by Crippen LogP contribution is -2.28. The van der Waals surface area contributed by atoms with Gasteiger partial charge in [0.25, 0.3) is 5.91 Å². The molecule has 0 radical (unpaired) electrons. The quantitative estimate of drug-likeness (QED) is 0.917. The van der Waals surface area contributed by atoms with Gasteiger partial charge in [-0.15, -0.1) is 0 Å². The Morgan fingerprint density at radius 1 is 1.12 bits per heavy atom. The summed E-state index contributed by atoms with van der Waals surface area (Å²) < 4.78 is 10.4. The first-order valence-electron chi connectivity index (χ1n) is 7.52. The van der Waals surface area contributed by atoms with Crippen LogP contribution in [0.15, 0.2) is 53.7 Å². The number of ether oxygens (including phenoxy) is 2. The number of nitrogens with one attached hydrogen (secondary N) is 1. The first kappa shape index (κ1) is 15.9. The molecule has 1 atom stereocenters. The fourth-order valence-corrected chi connectivity index (χ4v) is 2.46. The predicted molar refractivity (Wildman–Crippen MR) is 90.6 cm³/mol.